The molecule has 0 unspecified atom stereocenters. The summed E-state index contributed by atoms with van der Waals surface area (Å²) in [6.07, 6.45) is 0.639. The molecule has 2 rings (SSSR count). The lowest BCUT2D eigenvalue weighted by atomic mass is 9.95. The van der Waals surface area contributed by atoms with Gasteiger partial charge in [-0.1, -0.05) is 24.3 Å². The number of benzene rings is 1. The summed E-state index contributed by atoms with van der Waals surface area (Å²) in [7, 11) is -4.51. The molecule has 1 aromatic rings. The highest BCUT2D eigenvalue weighted by atomic mass is 32.2. The Morgan fingerprint density at radius 1 is 1.05 bits per heavy atom. The molecule has 0 fully saturated rings. The van der Waals surface area contributed by atoms with Gasteiger partial charge in [-0.25, -0.2) is 0 Å². The molecule has 0 spiro atoms. The van der Waals surface area contributed by atoms with Gasteiger partial charge in [0.25, 0.3) is 10.1 Å². The van der Waals surface area contributed by atoms with E-state index in [1.807, 2.05) is 0 Å². The van der Waals surface area contributed by atoms with E-state index in [4.69, 9.17) is 26.7 Å². The number of allylic oxidation sites excluding steroid dienone is 1. The molecule has 0 heterocycles. The van der Waals surface area contributed by atoms with Crippen LogP contribution in [0.5, 0.6) is 0 Å². The minimum absolute atomic E-state index is 0.0115. The third-order valence-electron chi connectivity index (χ3n) is 2.20. The third-order valence-corrected chi connectivity index (χ3v) is 3.09. The minimum atomic E-state index is -4.51. The van der Waals surface area contributed by atoms with Crippen LogP contribution in [0.4, 0.5) is 0 Å². The van der Waals surface area contributed by atoms with Crippen molar-refractivity contribution in [1.82, 2.24) is 0 Å². The number of nitrogens with zero attached hydrogens (tertiary/aromatic N) is 5. The summed E-state index contributed by atoms with van der Waals surface area (Å²) in [6.45, 7) is 0. The van der Waals surface area contributed by atoms with Gasteiger partial charge >= 0.3 is 0 Å². The van der Waals surface area contributed by atoms with E-state index >= 15 is 0 Å². The lowest BCUT2D eigenvalue weighted by Crippen LogP contribution is -2.21. The van der Waals surface area contributed by atoms with E-state index in [9.17, 15) is 18.0 Å². The fourth-order valence-electron chi connectivity index (χ4n) is 1.50. The third kappa shape index (κ3) is 4.74. The highest BCUT2D eigenvalue weighted by molar-refractivity contribution is 7.95. The minimum Gasteiger partial charge on any atom is -0.373 e. The molecule has 11 nitrogen and oxygen atoms in total. The second-order valence-corrected chi connectivity index (χ2v) is 4.80. The van der Waals surface area contributed by atoms with E-state index in [0.29, 0.717) is 6.08 Å². The number of carbonyl (C=O) groups is 2. The van der Waals surface area contributed by atoms with E-state index in [2.05, 4.69) is 0 Å². The Morgan fingerprint density at radius 3 is 1.86 bits per heavy atom. The molecule has 0 atom stereocenters. The number of hydrogen-bond donors (Lipinski definition) is 2. The van der Waals surface area contributed by atoms with Gasteiger partial charge < -0.3 is 11.1 Å². The number of rotatable bonds is 1. The molecule has 1 aromatic carbocycles. The maximum Gasteiger partial charge on any atom is 0.295 e. The fourth-order valence-corrected chi connectivity index (χ4v) is 2.22. The Balaban J connectivity index is 0.000000639. The van der Waals surface area contributed by atoms with Gasteiger partial charge in [0.15, 0.2) is 0 Å². The van der Waals surface area contributed by atoms with Gasteiger partial charge in [0.05, 0.1) is 0 Å². The van der Waals surface area contributed by atoms with Gasteiger partial charge in [-0.3, -0.25) is 19.1 Å². The summed E-state index contributed by atoms with van der Waals surface area (Å²) in [5, 5.41) is 0. The molecule has 0 amide bonds. The van der Waals surface area contributed by atoms with Crippen LogP contribution in [0.1, 0.15) is 15.9 Å². The van der Waals surface area contributed by atoms with Crippen molar-refractivity contribution < 1.29 is 22.6 Å². The molecule has 22 heavy (non-hydrogen) atoms. The summed E-state index contributed by atoms with van der Waals surface area (Å²) in [5.41, 5.74) is 25.8. The van der Waals surface area contributed by atoms with Gasteiger partial charge in [0.2, 0.25) is 11.6 Å². The van der Waals surface area contributed by atoms with Crippen LogP contribution in [-0.2, 0) is 14.9 Å². The Labute approximate surface area is 123 Å². The van der Waals surface area contributed by atoms with E-state index in [1.165, 1.54) is 29.2 Å². The van der Waals surface area contributed by atoms with Gasteiger partial charge in [-0.05, 0) is 10.4 Å². The lowest BCUT2D eigenvalue weighted by molar-refractivity contribution is -0.110. The molecule has 0 radical (unpaired) electrons. The molecule has 1 aliphatic carbocycles. The van der Waals surface area contributed by atoms with Gasteiger partial charge in [0, 0.05) is 17.2 Å². The Hall–Kier alpha value is -3.17. The molecule has 0 bridgehead atoms. The maximum atomic E-state index is 11.4. The zero-order valence-electron chi connectivity index (χ0n) is 10.6. The van der Waals surface area contributed by atoms with Gasteiger partial charge in [-0.15, -0.1) is 5.53 Å². The molecule has 0 saturated carbocycles. The molecule has 0 saturated heterocycles. The molecule has 1 aliphatic rings. The van der Waals surface area contributed by atoms with Crippen molar-refractivity contribution >= 4 is 26.6 Å². The van der Waals surface area contributed by atoms with E-state index < -0.39 is 26.6 Å². The molecule has 114 valence electrons. The SMILES string of the molecule is O=C1C=C(S(=O)(=O)O)c2ccccc2C1=O.[N-]=[N+]=N.[N-]=[N+]=[N-]. The monoisotopic (exact) mass is 323 g/mol. The topological polar surface area (TPSA) is 207 Å². The molecule has 0 aromatic heterocycles. The first-order valence-electron chi connectivity index (χ1n) is 5.11. The van der Waals surface area contributed by atoms with Crippen LogP contribution in [0.15, 0.2) is 30.3 Å². The first-order valence-corrected chi connectivity index (χ1v) is 6.55. The van der Waals surface area contributed by atoms with Crippen molar-refractivity contribution in [1.29, 1.82) is 5.53 Å². The van der Waals surface area contributed by atoms with Crippen LogP contribution < -0.4 is 0 Å². The quantitative estimate of drug-likeness (QED) is 0.261. The highest BCUT2D eigenvalue weighted by Gasteiger charge is 2.30. The van der Waals surface area contributed by atoms with Crippen LogP contribution in [-0.4, -0.2) is 24.5 Å². The van der Waals surface area contributed by atoms with Crippen molar-refractivity contribution in [2.45, 2.75) is 0 Å². The summed E-state index contributed by atoms with van der Waals surface area (Å²) in [4.78, 5) is 25.3. The molecular weight excluding hydrogens is 316 g/mol. The van der Waals surface area contributed by atoms with Crippen molar-refractivity contribution in [2.24, 2.45) is 0 Å². The Kier molecular flexibility index (Phi) is 7.01. The Morgan fingerprint density at radius 2 is 1.45 bits per heavy atom. The predicted octanol–water partition coefficient (Wildman–Crippen LogP) is 2.42. The van der Waals surface area contributed by atoms with E-state index in [0.717, 1.165) is 0 Å². The van der Waals surface area contributed by atoms with E-state index in [1.54, 1.807) is 4.91 Å². The number of Topliss-reactive ketones (excluding diaryl/α,β-unsaturated/α-hetero) is 1. The number of nitrogens with one attached hydrogen (secondary N) is 1. The second kappa shape index (κ2) is 8.19. The molecule has 2 N–H and O–H groups in total. The largest absolute Gasteiger partial charge is 0.373 e. The van der Waals surface area contributed by atoms with Crippen molar-refractivity contribution in [3.63, 3.8) is 0 Å². The van der Waals surface area contributed by atoms with Crippen molar-refractivity contribution in [2.75, 3.05) is 0 Å². The number of carbonyl (C=O) groups excluding carboxylic acids is 2. The molecular formula is C10H7N6O5S-. The number of ketones is 2. The van der Waals surface area contributed by atoms with Crippen LogP contribution in [0.2, 0.25) is 0 Å². The predicted molar refractivity (Wildman–Crippen MR) is 74.8 cm³/mol. The van der Waals surface area contributed by atoms with Crippen molar-refractivity contribution in [3.8, 4) is 0 Å². The summed E-state index contributed by atoms with van der Waals surface area (Å²) >= 11 is 0. The van der Waals surface area contributed by atoms with Gasteiger partial charge in [0.1, 0.15) is 4.91 Å². The number of hydrogen-bond acceptors (Lipinski definition) is 5. The normalized spacial score (nSPS) is 12.1. The van der Waals surface area contributed by atoms with Crippen LogP contribution in [0.3, 0.4) is 0 Å². The summed E-state index contributed by atoms with van der Waals surface area (Å²) < 4.78 is 31.0. The zero-order chi connectivity index (χ0) is 17.3. The Bertz CT molecular complexity index is 789. The summed E-state index contributed by atoms with van der Waals surface area (Å²) in [6, 6.07) is 5.73. The average Bonchev–Trinajstić information content (AvgIpc) is 2.43. The fraction of sp³-hybridized carbons (Fsp3) is 0. The van der Waals surface area contributed by atoms with E-state index in [-0.39, 0.29) is 11.1 Å². The first kappa shape index (κ1) is 18.8. The molecule has 12 heteroatoms. The first-order chi connectivity index (χ1) is 10.2. The van der Waals surface area contributed by atoms with Crippen LogP contribution >= 0.6 is 0 Å². The smallest absolute Gasteiger partial charge is 0.295 e. The summed E-state index contributed by atoms with van der Waals surface area (Å²) in [5.74, 6) is -1.73. The van der Waals surface area contributed by atoms with Crippen molar-refractivity contribution in [3.05, 3.63) is 67.9 Å². The standard InChI is InChI=1S/C10H6O5S.HN3.N3/c11-8-5-9(16(13,14)15)6-3-1-2-4-7(6)10(8)12;2*1-3-2/h1-5H,(H,13,14,15);1H;/q;;-1. The number of fused-ring (bicyclic) bond motifs is 1. The molecule has 0 aliphatic heterocycles. The van der Waals surface area contributed by atoms with Crippen LogP contribution in [0.25, 0.3) is 31.3 Å². The van der Waals surface area contributed by atoms with Crippen LogP contribution in [0, 0.1) is 5.53 Å². The maximum absolute atomic E-state index is 11.4. The second-order valence-electron chi connectivity index (χ2n) is 3.41. The highest BCUT2D eigenvalue weighted by Crippen LogP contribution is 2.28. The zero-order valence-corrected chi connectivity index (χ0v) is 11.4. The van der Waals surface area contributed by atoms with Gasteiger partial charge in [-0.2, -0.15) is 8.42 Å². The average molecular weight is 323 g/mol. The lowest BCUT2D eigenvalue weighted by Gasteiger charge is -2.13.